The number of hydrogen-bond donors (Lipinski definition) is 1. The summed E-state index contributed by atoms with van der Waals surface area (Å²) in [4.78, 5) is 13.8. The number of imidazole rings is 1. The topological polar surface area (TPSA) is 84.0 Å². The number of nitrogens with zero attached hydrogens (tertiary/aromatic N) is 6. The summed E-state index contributed by atoms with van der Waals surface area (Å²) >= 11 is 1.76. The second-order valence-electron chi connectivity index (χ2n) is 7.15. The molecule has 0 atom stereocenters. The number of benzene rings is 1. The van der Waals surface area contributed by atoms with Crippen molar-refractivity contribution in [2.24, 2.45) is 0 Å². The van der Waals surface area contributed by atoms with Crippen LogP contribution >= 0.6 is 12.1 Å². The smallest absolute Gasteiger partial charge is 0.306 e. The summed E-state index contributed by atoms with van der Waals surface area (Å²) in [5, 5.41) is 3.34. The van der Waals surface area contributed by atoms with Crippen LogP contribution in [0.3, 0.4) is 0 Å². The molecule has 0 amide bonds. The molecule has 1 fully saturated rings. The van der Waals surface area contributed by atoms with E-state index in [4.69, 9.17) is 19.1 Å². The van der Waals surface area contributed by atoms with Crippen molar-refractivity contribution in [2.75, 3.05) is 45.7 Å². The molecule has 0 bridgehead atoms. The van der Waals surface area contributed by atoms with Gasteiger partial charge in [-0.3, -0.25) is 4.40 Å². The molecule has 31 heavy (non-hydrogen) atoms. The highest BCUT2D eigenvalue weighted by molar-refractivity contribution is 7.94. The van der Waals surface area contributed by atoms with E-state index in [2.05, 4.69) is 26.0 Å². The van der Waals surface area contributed by atoms with E-state index in [1.807, 2.05) is 40.9 Å². The summed E-state index contributed by atoms with van der Waals surface area (Å²) in [7, 11) is 3.76. The Morgan fingerprint density at radius 1 is 1.23 bits per heavy atom. The van der Waals surface area contributed by atoms with Crippen molar-refractivity contribution in [3.8, 4) is 28.4 Å². The number of rotatable bonds is 7. The Kier molecular flexibility index (Phi) is 5.49. The maximum atomic E-state index is 5.55. The first-order valence-corrected chi connectivity index (χ1v) is 10.8. The van der Waals surface area contributed by atoms with Crippen LogP contribution in [0.1, 0.15) is 0 Å². The predicted octanol–water partition coefficient (Wildman–Crippen LogP) is 3.28. The predicted molar refractivity (Wildman–Crippen MR) is 121 cm³/mol. The fourth-order valence-electron chi connectivity index (χ4n) is 3.55. The van der Waals surface area contributed by atoms with Crippen molar-refractivity contribution in [1.29, 1.82) is 0 Å². The highest BCUT2D eigenvalue weighted by Crippen LogP contribution is 2.33. The van der Waals surface area contributed by atoms with Crippen molar-refractivity contribution in [2.45, 2.75) is 0 Å². The number of aromatic nitrogens is 4. The van der Waals surface area contributed by atoms with Gasteiger partial charge in [0.2, 0.25) is 5.95 Å². The molecule has 0 spiro atoms. The Labute approximate surface area is 184 Å². The SMILES string of the molecule is COc1cccc(-c2nc3occn3c2-c2ccnc(NCCN3CCN(C)S3)n2)c1. The third-order valence-electron chi connectivity index (χ3n) is 5.07. The largest absolute Gasteiger partial charge is 0.497 e. The Balaban J connectivity index is 1.44. The van der Waals surface area contributed by atoms with Crippen LogP contribution in [0.25, 0.3) is 28.5 Å². The van der Waals surface area contributed by atoms with Gasteiger partial charge >= 0.3 is 5.84 Å². The van der Waals surface area contributed by atoms with Crippen molar-refractivity contribution < 1.29 is 9.15 Å². The Morgan fingerprint density at radius 3 is 3.00 bits per heavy atom. The molecule has 9 nitrogen and oxygen atoms in total. The first-order chi connectivity index (χ1) is 15.2. The van der Waals surface area contributed by atoms with E-state index < -0.39 is 0 Å². The minimum atomic E-state index is 0.510. The number of likely N-dealkylation sites (N-methyl/N-ethyl adjacent to an activating group) is 1. The molecule has 0 saturated carbocycles. The summed E-state index contributed by atoms with van der Waals surface area (Å²) in [6.07, 6.45) is 5.22. The molecule has 0 unspecified atom stereocenters. The fourth-order valence-corrected chi connectivity index (χ4v) is 4.45. The molecular weight excluding hydrogens is 414 g/mol. The summed E-state index contributed by atoms with van der Waals surface area (Å²) in [6.45, 7) is 3.81. The molecule has 1 aromatic carbocycles. The minimum absolute atomic E-state index is 0.510. The first kappa shape index (κ1) is 19.9. The van der Waals surface area contributed by atoms with E-state index in [0.29, 0.717) is 11.8 Å². The second kappa shape index (κ2) is 8.58. The van der Waals surface area contributed by atoms with Crippen LogP contribution in [-0.2, 0) is 0 Å². The average Bonchev–Trinajstić information content (AvgIpc) is 3.50. The molecule has 0 radical (unpaired) electrons. The van der Waals surface area contributed by atoms with Crippen molar-refractivity contribution >= 4 is 23.9 Å². The first-order valence-electron chi connectivity index (χ1n) is 10.0. The Morgan fingerprint density at radius 2 is 2.16 bits per heavy atom. The van der Waals surface area contributed by atoms with Gasteiger partial charge < -0.3 is 14.5 Å². The van der Waals surface area contributed by atoms with Gasteiger partial charge in [-0.1, -0.05) is 12.1 Å². The van der Waals surface area contributed by atoms with Crippen molar-refractivity contribution in [1.82, 2.24) is 28.0 Å². The average molecular weight is 438 g/mol. The maximum absolute atomic E-state index is 5.55. The lowest BCUT2D eigenvalue weighted by Crippen LogP contribution is -2.22. The monoisotopic (exact) mass is 437 g/mol. The van der Waals surface area contributed by atoms with Crippen LogP contribution in [0.15, 0.2) is 53.4 Å². The van der Waals surface area contributed by atoms with E-state index in [1.165, 1.54) is 0 Å². The van der Waals surface area contributed by atoms with Gasteiger partial charge in [0.05, 0.1) is 12.8 Å². The molecule has 4 heterocycles. The van der Waals surface area contributed by atoms with E-state index in [-0.39, 0.29) is 0 Å². The van der Waals surface area contributed by atoms with Gasteiger partial charge in [-0.25, -0.2) is 18.6 Å². The molecule has 1 aliphatic heterocycles. The summed E-state index contributed by atoms with van der Waals surface area (Å²) in [6, 6.07) is 9.69. The summed E-state index contributed by atoms with van der Waals surface area (Å²) in [5.74, 6) is 1.87. The number of hydrogen-bond acceptors (Lipinski definition) is 9. The van der Waals surface area contributed by atoms with Gasteiger partial charge in [-0.05, 0) is 25.2 Å². The minimum Gasteiger partial charge on any atom is -0.497 e. The molecule has 1 aliphatic rings. The lowest BCUT2D eigenvalue weighted by molar-refractivity contribution is 0.415. The number of ether oxygens (including phenoxy) is 1. The van der Waals surface area contributed by atoms with E-state index in [9.17, 15) is 0 Å². The molecule has 5 rings (SSSR count). The summed E-state index contributed by atoms with van der Waals surface area (Å²) < 4.78 is 17.4. The maximum Gasteiger partial charge on any atom is 0.306 e. The number of fused-ring (bicyclic) bond motifs is 1. The number of nitrogens with one attached hydrogen (secondary N) is 1. The van der Waals surface area contributed by atoms with E-state index in [0.717, 1.165) is 54.6 Å². The van der Waals surface area contributed by atoms with Crippen LogP contribution in [-0.4, -0.2) is 68.3 Å². The molecule has 160 valence electrons. The zero-order valence-electron chi connectivity index (χ0n) is 17.4. The Bertz CT molecular complexity index is 1190. The van der Waals surface area contributed by atoms with Gasteiger partial charge in [-0.2, -0.15) is 4.98 Å². The molecule has 4 aromatic rings. The molecule has 0 aliphatic carbocycles. The van der Waals surface area contributed by atoms with E-state index >= 15 is 0 Å². The third-order valence-corrected chi connectivity index (χ3v) is 6.12. The number of anilines is 1. The van der Waals surface area contributed by atoms with Gasteiger partial charge in [0.15, 0.2) is 0 Å². The highest BCUT2D eigenvalue weighted by atomic mass is 32.2. The van der Waals surface area contributed by atoms with Crippen molar-refractivity contribution in [3.63, 3.8) is 0 Å². The van der Waals surface area contributed by atoms with Crippen LogP contribution in [0.5, 0.6) is 5.75 Å². The standard InChI is InChI=1S/C21H23N7O2S/c1-26-10-11-27(31-26)9-8-23-20-22-7-6-17(24-20)19-18(25-21-28(19)12-13-30-21)15-4-3-5-16(14-15)29-2/h3-7,12-14H,8-11H2,1-2H3,(H,22,23,24). The van der Waals surface area contributed by atoms with Crippen molar-refractivity contribution in [3.05, 3.63) is 49.0 Å². The second-order valence-corrected chi connectivity index (χ2v) is 8.45. The lowest BCUT2D eigenvalue weighted by atomic mass is 10.1. The van der Waals surface area contributed by atoms with Gasteiger partial charge in [-0.15, -0.1) is 0 Å². The number of methoxy groups -OCH3 is 1. The van der Waals surface area contributed by atoms with E-state index in [1.54, 1.807) is 31.7 Å². The van der Waals surface area contributed by atoms with Gasteiger partial charge in [0.25, 0.3) is 0 Å². The Hall–Kier alpha value is -3.08. The molecule has 3 aromatic heterocycles. The quantitative estimate of drug-likeness (QED) is 0.438. The van der Waals surface area contributed by atoms with Gasteiger partial charge in [0, 0.05) is 56.3 Å². The number of oxazole rings is 1. The molecule has 1 saturated heterocycles. The zero-order chi connectivity index (χ0) is 21.2. The molecule has 1 N–H and O–H groups in total. The van der Waals surface area contributed by atoms with Crippen LogP contribution < -0.4 is 10.1 Å². The third kappa shape index (κ3) is 4.09. The normalized spacial score (nSPS) is 15.0. The fraction of sp³-hybridized carbons (Fsp3) is 0.286. The highest BCUT2D eigenvalue weighted by Gasteiger charge is 2.20. The van der Waals surface area contributed by atoms with Crippen LogP contribution in [0.2, 0.25) is 0 Å². The van der Waals surface area contributed by atoms with Crippen LogP contribution in [0.4, 0.5) is 5.95 Å². The summed E-state index contributed by atoms with van der Waals surface area (Å²) in [5.41, 5.74) is 3.31. The zero-order valence-corrected chi connectivity index (χ0v) is 18.2. The molecular formula is C21H23N7O2S. The van der Waals surface area contributed by atoms with Gasteiger partial charge in [0.1, 0.15) is 23.4 Å². The van der Waals surface area contributed by atoms with Crippen LogP contribution in [0, 0.1) is 0 Å². The lowest BCUT2D eigenvalue weighted by Gasteiger charge is -2.14. The molecule has 10 heteroatoms.